The summed E-state index contributed by atoms with van der Waals surface area (Å²) in [4.78, 5) is 14.8. The summed E-state index contributed by atoms with van der Waals surface area (Å²) in [5, 5.41) is 5.22. The molecule has 20 heavy (non-hydrogen) atoms. The van der Waals surface area contributed by atoms with Crippen LogP contribution in [0.5, 0.6) is 0 Å². The standard InChI is InChI=1S/C16H18N2O2/c19-16(12-1-2-13-9-20-10-14(13)7-12)17-15-8-18-5-3-11(15)4-6-18/h1-2,7,9-11,15H,3-6,8H2,(H,17,19)/t15-/m0/s1. The van der Waals surface area contributed by atoms with Crippen molar-refractivity contribution in [2.45, 2.75) is 18.9 Å². The Morgan fingerprint density at radius 3 is 2.75 bits per heavy atom. The van der Waals surface area contributed by atoms with Crippen LogP contribution >= 0.6 is 0 Å². The monoisotopic (exact) mass is 270 g/mol. The minimum Gasteiger partial charge on any atom is -0.471 e. The van der Waals surface area contributed by atoms with Crippen LogP contribution in [0.2, 0.25) is 0 Å². The van der Waals surface area contributed by atoms with Crippen molar-refractivity contribution in [2.24, 2.45) is 5.92 Å². The normalized spacial score (nSPS) is 28.7. The molecule has 1 N–H and O–H groups in total. The summed E-state index contributed by atoms with van der Waals surface area (Å²) in [6.45, 7) is 3.39. The van der Waals surface area contributed by atoms with Gasteiger partial charge in [0.05, 0.1) is 12.5 Å². The molecule has 5 rings (SSSR count). The average molecular weight is 270 g/mol. The van der Waals surface area contributed by atoms with Crippen molar-refractivity contribution in [1.82, 2.24) is 10.2 Å². The van der Waals surface area contributed by atoms with Crippen LogP contribution in [0.3, 0.4) is 0 Å². The topological polar surface area (TPSA) is 45.5 Å². The Morgan fingerprint density at radius 1 is 1.20 bits per heavy atom. The van der Waals surface area contributed by atoms with E-state index in [0.717, 1.165) is 22.9 Å². The van der Waals surface area contributed by atoms with Gasteiger partial charge in [0.15, 0.2) is 0 Å². The number of rotatable bonds is 2. The Hall–Kier alpha value is -1.81. The molecule has 1 atom stereocenters. The summed E-state index contributed by atoms with van der Waals surface area (Å²) in [5.74, 6) is 0.688. The SMILES string of the molecule is O=C(N[C@H]1CN2CCC1CC2)c1ccc2cocc2c1. The van der Waals surface area contributed by atoms with Crippen molar-refractivity contribution in [1.29, 1.82) is 0 Å². The predicted molar refractivity (Wildman–Crippen MR) is 76.6 cm³/mol. The van der Waals surface area contributed by atoms with E-state index in [1.54, 1.807) is 12.5 Å². The third-order valence-electron chi connectivity index (χ3n) is 4.71. The zero-order valence-corrected chi connectivity index (χ0v) is 11.3. The van der Waals surface area contributed by atoms with Crippen molar-refractivity contribution < 1.29 is 9.21 Å². The number of nitrogens with zero attached hydrogens (tertiary/aromatic N) is 1. The third kappa shape index (κ3) is 2.00. The van der Waals surface area contributed by atoms with E-state index in [-0.39, 0.29) is 5.91 Å². The van der Waals surface area contributed by atoms with Crippen molar-refractivity contribution in [3.63, 3.8) is 0 Å². The number of furan rings is 1. The van der Waals surface area contributed by atoms with Crippen LogP contribution in [0.25, 0.3) is 10.8 Å². The lowest BCUT2D eigenvalue weighted by molar-refractivity contribution is 0.0620. The van der Waals surface area contributed by atoms with E-state index in [2.05, 4.69) is 10.2 Å². The number of nitrogens with one attached hydrogen (secondary N) is 1. The van der Waals surface area contributed by atoms with Crippen LogP contribution in [0.15, 0.2) is 35.1 Å². The molecular formula is C16H18N2O2. The zero-order chi connectivity index (χ0) is 13.5. The number of hydrogen-bond donors (Lipinski definition) is 1. The van der Waals surface area contributed by atoms with E-state index in [0.29, 0.717) is 12.0 Å². The molecule has 3 fully saturated rings. The van der Waals surface area contributed by atoms with Gasteiger partial charge in [0.25, 0.3) is 5.91 Å². The van der Waals surface area contributed by atoms with Crippen LogP contribution in [0, 0.1) is 5.92 Å². The van der Waals surface area contributed by atoms with Crippen molar-refractivity contribution in [3.8, 4) is 0 Å². The van der Waals surface area contributed by atoms with Crippen LogP contribution in [0.4, 0.5) is 0 Å². The van der Waals surface area contributed by atoms with Gasteiger partial charge < -0.3 is 14.6 Å². The van der Waals surface area contributed by atoms with Gasteiger partial charge >= 0.3 is 0 Å². The molecule has 0 saturated carbocycles. The van der Waals surface area contributed by atoms with E-state index in [9.17, 15) is 4.79 Å². The van der Waals surface area contributed by atoms with E-state index in [4.69, 9.17) is 4.42 Å². The van der Waals surface area contributed by atoms with Gasteiger partial charge in [0.1, 0.15) is 0 Å². The van der Waals surface area contributed by atoms with Gasteiger partial charge in [-0.25, -0.2) is 0 Å². The van der Waals surface area contributed by atoms with Crippen LogP contribution in [-0.2, 0) is 0 Å². The molecule has 1 aromatic carbocycles. The smallest absolute Gasteiger partial charge is 0.251 e. The minimum atomic E-state index is 0.0341. The van der Waals surface area contributed by atoms with Crippen LogP contribution in [0.1, 0.15) is 23.2 Å². The van der Waals surface area contributed by atoms with Gasteiger partial charge in [-0.05, 0) is 44.0 Å². The maximum absolute atomic E-state index is 12.4. The van der Waals surface area contributed by atoms with Crippen LogP contribution < -0.4 is 5.32 Å². The Balaban J connectivity index is 1.52. The summed E-state index contributed by atoms with van der Waals surface area (Å²) in [7, 11) is 0. The van der Waals surface area contributed by atoms with Crippen molar-refractivity contribution in [2.75, 3.05) is 19.6 Å². The first-order chi connectivity index (χ1) is 9.79. The first-order valence-electron chi connectivity index (χ1n) is 7.29. The average Bonchev–Trinajstić information content (AvgIpc) is 2.96. The summed E-state index contributed by atoms with van der Waals surface area (Å²) in [6.07, 6.45) is 5.81. The molecule has 0 spiro atoms. The number of hydrogen-bond acceptors (Lipinski definition) is 3. The highest BCUT2D eigenvalue weighted by molar-refractivity contribution is 5.98. The van der Waals surface area contributed by atoms with E-state index in [1.165, 1.54) is 25.9 Å². The van der Waals surface area contributed by atoms with Crippen molar-refractivity contribution in [3.05, 3.63) is 36.3 Å². The fourth-order valence-electron chi connectivity index (χ4n) is 3.49. The third-order valence-corrected chi connectivity index (χ3v) is 4.71. The number of amides is 1. The van der Waals surface area contributed by atoms with Crippen molar-refractivity contribution >= 4 is 16.7 Å². The Kier molecular flexibility index (Phi) is 2.77. The van der Waals surface area contributed by atoms with E-state index < -0.39 is 0 Å². The first-order valence-corrected chi connectivity index (χ1v) is 7.29. The second-order valence-corrected chi connectivity index (χ2v) is 5.93. The Bertz CT molecular complexity index is 641. The number of piperidine rings is 3. The van der Waals surface area contributed by atoms with Gasteiger partial charge in [-0.2, -0.15) is 0 Å². The van der Waals surface area contributed by atoms with Crippen LogP contribution in [-0.4, -0.2) is 36.5 Å². The molecule has 3 aliphatic heterocycles. The highest BCUT2D eigenvalue weighted by atomic mass is 16.3. The molecule has 104 valence electrons. The number of benzene rings is 1. The molecule has 0 aliphatic carbocycles. The molecule has 2 bridgehead atoms. The molecule has 2 aromatic rings. The highest BCUT2D eigenvalue weighted by Gasteiger charge is 2.34. The maximum atomic E-state index is 12.4. The van der Waals surface area contributed by atoms with E-state index in [1.807, 2.05) is 18.2 Å². The zero-order valence-electron chi connectivity index (χ0n) is 11.3. The highest BCUT2D eigenvalue weighted by Crippen LogP contribution is 2.27. The van der Waals surface area contributed by atoms with Gasteiger partial charge in [-0.15, -0.1) is 0 Å². The van der Waals surface area contributed by atoms with Gasteiger partial charge in [-0.3, -0.25) is 4.79 Å². The fourth-order valence-corrected chi connectivity index (χ4v) is 3.49. The maximum Gasteiger partial charge on any atom is 0.251 e. The second-order valence-electron chi connectivity index (χ2n) is 5.93. The Morgan fingerprint density at radius 2 is 2.00 bits per heavy atom. The molecular weight excluding hydrogens is 252 g/mol. The van der Waals surface area contributed by atoms with E-state index >= 15 is 0 Å². The molecule has 3 aliphatic rings. The number of fused-ring (bicyclic) bond motifs is 4. The molecule has 4 heterocycles. The summed E-state index contributed by atoms with van der Waals surface area (Å²) >= 11 is 0. The number of carbonyl (C=O) groups is 1. The molecule has 4 nitrogen and oxygen atoms in total. The fraction of sp³-hybridized carbons (Fsp3) is 0.438. The lowest BCUT2D eigenvalue weighted by atomic mass is 9.84. The molecule has 1 amide bonds. The molecule has 3 saturated heterocycles. The molecule has 0 radical (unpaired) electrons. The quantitative estimate of drug-likeness (QED) is 0.910. The lowest BCUT2D eigenvalue weighted by Gasteiger charge is -2.44. The van der Waals surface area contributed by atoms with Gasteiger partial charge in [0.2, 0.25) is 0 Å². The number of carbonyl (C=O) groups excluding carboxylic acids is 1. The predicted octanol–water partition coefficient (Wildman–Crippen LogP) is 2.26. The second kappa shape index (κ2) is 4.63. The largest absolute Gasteiger partial charge is 0.471 e. The summed E-state index contributed by atoms with van der Waals surface area (Å²) in [5.41, 5.74) is 0.718. The summed E-state index contributed by atoms with van der Waals surface area (Å²) in [6, 6.07) is 6.01. The summed E-state index contributed by atoms with van der Waals surface area (Å²) < 4.78 is 5.15. The molecule has 4 heteroatoms. The van der Waals surface area contributed by atoms with Gasteiger partial charge in [-0.1, -0.05) is 6.07 Å². The van der Waals surface area contributed by atoms with Gasteiger partial charge in [0, 0.05) is 28.9 Å². The molecule has 1 aromatic heterocycles. The Labute approximate surface area is 117 Å². The molecule has 0 unspecified atom stereocenters. The lowest BCUT2D eigenvalue weighted by Crippen LogP contribution is -2.57. The first kappa shape index (κ1) is 12.0. The minimum absolute atomic E-state index is 0.0341.